The van der Waals surface area contributed by atoms with Crippen LogP contribution in [0, 0.1) is 6.92 Å². The van der Waals surface area contributed by atoms with E-state index in [-0.39, 0.29) is 17.9 Å². The summed E-state index contributed by atoms with van der Waals surface area (Å²) in [4.78, 5) is 27.9. The first-order chi connectivity index (χ1) is 15.9. The number of nitrogens with zero attached hydrogens (tertiary/aromatic N) is 1. The minimum Gasteiger partial charge on any atom is -0.497 e. The molecule has 0 saturated heterocycles. The zero-order chi connectivity index (χ0) is 24.2. The zero-order valence-electron chi connectivity index (χ0n) is 20.6. The Balaban J connectivity index is 2.07. The second-order valence-electron chi connectivity index (χ2n) is 8.38. The lowest BCUT2D eigenvalue weighted by molar-refractivity contribution is -0.141. The van der Waals surface area contributed by atoms with Crippen molar-refractivity contribution in [2.75, 3.05) is 13.7 Å². The van der Waals surface area contributed by atoms with Crippen LogP contribution < -0.4 is 14.8 Å². The Labute approximate surface area is 198 Å². The Morgan fingerprint density at radius 3 is 2.18 bits per heavy atom. The molecule has 0 saturated carbocycles. The zero-order valence-corrected chi connectivity index (χ0v) is 20.6. The molecule has 0 aliphatic carbocycles. The molecular formula is C27H38N2O4. The van der Waals surface area contributed by atoms with Gasteiger partial charge in [0.25, 0.3) is 0 Å². The van der Waals surface area contributed by atoms with Crippen molar-refractivity contribution in [3.05, 3.63) is 59.7 Å². The van der Waals surface area contributed by atoms with Crippen molar-refractivity contribution >= 4 is 11.8 Å². The van der Waals surface area contributed by atoms with E-state index in [0.717, 1.165) is 23.5 Å². The third-order valence-electron chi connectivity index (χ3n) is 5.72. The van der Waals surface area contributed by atoms with Crippen LogP contribution in [0.2, 0.25) is 0 Å². The van der Waals surface area contributed by atoms with E-state index in [1.807, 2.05) is 76.2 Å². The van der Waals surface area contributed by atoms with E-state index in [1.165, 1.54) is 5.56 Å². The molecule has 2 amide bonds. The Morgan fingerprint density at radius 1 is 0.970 bits per heavy atom. The predicted octanol–water partition coefficient (Wildman–Crippen LogP) is 4.88. The number of ether oxygens (including phenoxy) is 2. The van der Waals surface area contributed by atoms with Gasteiger partial charge in [-0.15, -0.1) is 0 Å². The van der Waals surface area contributed by atoms with Gasteiger partial charge in [0, 0.05) is 19.0 Å². The molecule has 0 fully saturated rings. The number of nitrogens with one attached hydrogen (secondary N) is 1. The first-order valence-electron chi connectivity index (χ1n) is 11.8. The maximum atomic E-state index is 13.3. The van der Waals surface area contributed by atoms with Crippen molar-refractivity contribution in [1.29, 1.82) is 0 Å². The summed E-state index contributed by atoms with van der Waals surface area (Å²) in [6.07, 6.45) is 2.28. The summed E-state index contributed by atoms with van der Waals surface area (Å²) < 4.78 is 11.0. The molecule has 0 unspecified atom stereocenters. The standard InChI is InChI=1S/C27H38N2O4/c1-6-21(4)28-27(31)25(7-2)29(19-22-12-16-23(32-5)17-13-22)26(30)9-8-18-33-24-14-10-20(3)11-15-24/h10-17,21,25H,6-9,18-19H2,1-5H3,(H,28,31)/t21-,25+/m0/s1. The van der Waals surface area contributed by atoms with Gasteiger partial charge in [0.2, 0.25) is 11.8 Å². The molecule has 2 atom stereocenters. The summed E-state index contributed by atoms with van der Waals surface area (Å²) in [5.41, 5.74) is 2.13. The minimum absolute atomic E-state index is 0.0514. The van der Waals surface area contributed by atoms with Gasteiger partial charge >= 0.3 is 0 Å². The van der Waals surface area contributed by atoms with Crippen molar-refractivity contribution in [3.63, 3.8) is 0 Å². The number of rotatable bonds is 13. The highest BCUT2D eigenvalue weighted by atomic mass is 16.5. The number of benzene rings is 2. The molecule has 0 aliphatic rings. The van der Waals surface area contributed by atoms with Crippen molar-refractivity contribution in [2.45, 2.75) is 72.0 Å². The number of methoxy groups -OCH3 is 1. The molecule has 1 N–H and O–H groups in total. The Morgan fingerprint density at radius 2 is 1.61 bits per heavy atom. The summed E-state index contributed by atoms with van der Waals surface area (Å²) in [5.74, 6) is 1.39. The molecule has 6 heteroatoms. The van der Waals surface area contributed by atoms with Crippen LogP contribution in [-0.4, -0.2) is 42.5 Å². The maximum Gasteiger partial charge on any atom is 0.243 e. The number of aryl methyl sites for hydroxylation is 1. The SMILES string of the molecule is CC[C@H](C(=O)N[C@@H](C)CC)N(Cc1ccc(OC)cc1)C(=O)CCCOc1ccc(C)cc1. The van der Waals surface area contributed by atoms with E-state index in [4.69, 9.17) is 9.47 Å². The fourth-order valence-electron chi connectivity index (χ4n) is 3.48. The lowest BCUT2D eigenvalue weighted by atomic mass is 10.1. The molecule has 2 aromatic carbocycles. The normalized spacial score (nSPS) is 12.5. The number of carbonyl (C=O) groups is 2. The Kier molecular flexibility index (Phi) is 10.7. The van der Waals surface area contributed by atoms with Crippen molar-refractivity contribution in [1.82, 2.24) is 10.2 Å². The second-order valence-corrected chi connectivity index (χ2v) is 8.38. The van der Waals surface area contributed by atoms with Gasteiger partial charge in [0.05, 0.1) is 13.7 Å². The fourth-order valence-corrected chi connectivity index (χ4v) is 3.48. The summed E-state index contributed by atoms with van der Waals surface area (Å²) in [6.45, 7) is 8.79. The molecule has 0 spiro atoms. The average Bonchev–Trinajstić information content (AvgIpc) is 2.82. The van der Waals surface area contributed by atoms with Gasteiger partial charge in [-0.1, -0.05) is 43.7 Å². The average molecular weight is 455 g/mol. The lowest BCUT2D eigenvalue weighted by Gasteiger charge is -2.31. The molecule has 0 heterocycles. The predicted molar refractivity (Wildman–Crippen MR) is 131 cm³/mol. The van der Waals surface area contributed by atoms with Crippen molar-refractivity contribution in [2.24, 2.45) is 0 Å². The minimum atomic E-state index is -0.522. The first kappa shape index (κ1) is 26.2. The van der Waals surface area contributed by atoms with Gasteiger partial charge in [-0.2, -0.15) is 0 Å². The highest BCUT2D eigenvalue weighted by Crippen LogP contribution is 2.18. The molecule has 0 bridgehead atoms. The topological polar surface area (TPSA) is 67.9 Å². The summed E-state index contributed by atoms with van der Waals surface area (Å²) in [6, 6.07) is 15.0. The number of carbonyl (C=O) groups excluding carboxylic acids is 2. The van der Waals surface area contributed by atoms with E-state index in [2.05, 4.69) is 5.32 Å². The summed E-state index contributed by atoms with van der Waals surface area (Å²) in [5, 5.41) is 3.04. The Bertz CT molecular complexity index is 865. The monoisotopic (exact) mass is 454 g/mol. The molecule has 2 aromatic rings. The quantitative estimate of drug-likeness (QED) is 0.438. The summed E-state index contributed by atoms with van der Waals surface area (Å²) in [7, 11) is 1.62. The van der Waals surface area contributed by atoms with Crippen LogP contribution >= 0.6 is 0 Å². The number of amides is 2. The maximum absolute atomic E-state index is 13.3. The molecule has 0 aromatic heterocycles. The van der Waals surface area contributed by atoms with Gasteiger partial charge < -0.3 is 19.7 Å². The van der Waals surface area contributed by atoms with Crippen LogP contribution in [0.5, 0.6) is 11.5 Å². The largest absolute Gasteiger partial charge is 0.497 e. The van der Waals surface area contributed by atoms with Crippen LogP contribution in [0.25, 0.3) is 0 Å². The number of hydrogen-bond donors (Lipinski definition) is 1. The van der Waals surface area contributed by atoms with Crippen molar-refractivity contribution < 1.29 is 19.1 Å². The highest BCUT2D eigenvalue weighted by molar-refractivity contribution is 5.87. The van der Waals surface area contributed by atoms with E-state index < -0.39 is 6.04 Å². The third kappa shape index (κ3) is 8.44. The van der Waals surface area contributed by atoms with Crippen LogP contribution in [-0.2, 0) is 16.1 Å². The molecule has 6 nitrogen and oxygen atoms in total. The third-order valence-corrected chi connectivity index (χ3v) is 5.72. The van der Waals surface area contributed by atoms with E-state index in [1.54, 1.807) is 12.0 Å². The first-order valence-corrected chi connectivity index (χ1v) is 11.8. The van der Waals surface area contributed by atoms with E-state index in [0.29, 0.717) is 32.4 Å². The molecule has 180 valence electrons. The van der Waals surface area contributed by atoms with E-state index >= 15 is 0 Å². The van der Waals surface area contributed by atoms with Gasteiger partial charge in [-0.25, -0.2) is 0 Å². The number of hydrogen-bond acceptors (Lipinski definition) is 4. The van der Waals surface area contributed by atoms with Crippen LogP contribution in [0.3, 0.4) is 0 Å². The van der Waals surface area contributed by atoms with Gasteiger partial charge in [0.15, 0.2) is 0 Å². The van der Waals surface area contributed by atoms with Gasteiger partial charge in [-0.05, 0) is 62.9 Å². The fraction of sp³-hybridized carbons (Fsp3) is 0.481. The van der Waals surface area contributed by atoms with Gasteiger partial charge in [-0.3, -0.25) is 9.59 Å². The van der Waals surface area contributed by atoms with E-state index in [9.17, 15) is 9.59 Å². The van der Waals surface area contributed by atoms with Gasteiger partial charge in [0.1, 0.15) is 17.5 Å². The molecule has 0 aliphatic heterocycles. The molecular weight excluding hydrogens is 416 g/mol. The Hall–Kier alpha value is -3.02. The van der Waals surface area contributed by atoms with Crippen LogP contribution in [0.15, 0.2) is 48.5 Å². The van der Waals surface area contributed by atoms with Crippen LogP contribution in [0.1, 0.15) is 57.6 Å². The molecule has 0 radical (unpaired) electrons. The molecule has 33 heavy (non-hydrogen) atoms. The summed E-state index contributed by atoms with van der Waals surface area (Å²) >= 11 is 0. The highest BCUT2D eigenvalue weighted by Gasteiger charge is 2.28. The smallest absolute Gasteiger partial charge is 0.243 e. The molecule has 2 rings (SSSR count). The van der Waals surface area contributed by atoms with Crippen molar-refractivity contribution in [3.8, 4) is 11.5 Å². The lowest BCUT2D eigenvalue weighted by Crippen LogP contribution is -2.50. The van der Waals surface area contributed by atoms with Crippen LogP contribution in [0.4, 0.5) is 0 Å². The second kappa shape index (κ2) is 13.5.